The van der Waals surface area contributed by atoms with Crippen molar-refractivity contribution in [1.82, 2.24) is 4.90 Å². The third-order valence-electron chi connectivity index (χ3n) is 3.13. The standard InChI is InChI=1S/C14H19NO2/c1-15(2)13(7-5-9-16)12-10-17-14-8-4-3-6-11(12)14/h3-4,6,8,10,13,16H,5,7,9H2,1-2H3. The van der Waals surface area contributed by atoms with Crippen LogP contribution >= 0.6 is 0 Å². The molecule has 1 N–H and O–H groups in total. The molecule has 0 radical (unpaired) electrons. The molecule has 0 saturated carbocycles. The van der Waals surface area contributed by atoms with Gasteiger partial charge in [-0.1, -0.05) is 18.2 Å². The summed E-state index contributed by atoms with van der Waals surface area (Å²) in [4.78, 5) is 2.17. The molecular weight excluding hydrogens is 214 g/mol. The lowest BCUT2D eigenvalue weighted by atomic mass is 10.0. The summed E-state index contributed by atoms with van der Waals surface area (Å²) < 4.78 is 5.57. The lowest BCUT2D eigenvalue weighted by Gasteiger charge is -2.23. The van der Waals surface area contributed by atoms with Crippen molar-refractivity contribution in [3.8, 4) is 0 Å². The van der Waals surface area contributed by atoms with Crippen LogP contribution in [0.25, 0.3) is 11.0 Å². The number of para-hydroxylation sites is 1. The molecule has 0 saturated heterocycles. The maximum absolute atomic E-state index is 8.97. The summed E-state index contributed by atoms with van der Waals surface area (Å²) in [6, 6.07) is 8.38. The second kappa shape index (κ2) is 5.34. The molecule has 1 atom stereocenters. The Balaban J connectivity index is 2.34. The third kappa shape index (κ3) is 2.51. The van der Waals surface area contributed by atoms with Crippen LogP contribution in [0.15, 0.2) is 34.9 Å². The Morgan fingerprint density at radius 1 is 1.29 bits per heavy atom. The Labute approximate surface area is 102 Å². The molecule has 1 heterocycles. The van der Waals surface area contributed by atoms with Crippen LogP contribution in [-0.2, 0) is 0 Å². The van der Waals surface area contributed by atoms with Crippen LogP contribution in [-0.4, -0.2) is 30.7 Å². The molecule has 2 aromatic rings. The van der Waals surface area contributed by atoms with Gasteiger partial charge in [0, 0.05) is 23.6 Å². The first-order valence-electron chi connectivity index (χ1n) is 5.97. The van der Waals surface area contributed by atoms with Gasteiger partial charge in [-0.15, -0.1) is 0 Å². The predicted molar refractivity (Wildman–Crippen MR) is 69.0 cm³/mol. The number of hydrogen-bond acceptors (Lipinski definition) is 3. The minimum absolute atomic E-state index is 0.236. The molecule has 3 heteroatoms. The fourth-order valence-corrected chi connectivity index (χ4v) is 2.23. The van der Waals surface area contributed by atoms with Crippen molar-refractivity contribution in [2.75, 3.05) is 20.7 Å². The van der Waals surface area contributed by atoms with Crippen molar-refractivity contribution in [3.63, 3.8) is 0 Å². The zero-order valence-electron chi connectivity index (χ0n) is 10.4. The van der Waals surface area contributed by atoms with E-state index in [1.165, 1.54) is 10.9 Å². The van der Waals surface area contributed by atoms with E-state index >= 15 is 0 Å². The molecule has 0 bridgehead atoms. The van der Waals surface area contributed by atoms with Crippen LogP contribution < -0.4 is 0 Å². The Morgan fingerprint density at radius 3 is 2.76 bits per heavy atom. The predicted octanol–water partition coefficient (Wildman–Crippen LogP) is 2.81. The normalized spacial score (nSPS) is 13.4. The summed E-state index contributed by atoms with van der Waals surface area (Å²) in [5.41, 5.74) is 2.14. The second-order valence-corrected chi connectivity index (χ2v) is 4.53. The summed E-state index contributed by atoms with van der Waals surface area (Å²) in [7, 11) is 4.12. The summed E-state index contributed by atoms with van der Waals surface area (Å²) in [6.07, 6.45) is 3.59. The Bertz CT molecular complexity index is 476. The average Bonchev–Trinajstić information content (AvgIpc) is 2.73. The second-order valence-electron chi connectivity index (χ2n) is 4.53. The molecule has 1 unspecified atom stereocenters. The van der Waals surface area contributed by atoms with Crippen molar-refractivity contribution in [1.29, 1.82) is 0 Å². The molecule has 1 aromatic carbocycles. The van der Waals surface area contributed by atoms with Gasteiger partial charge in [-0.2, -0.15) is 0 Å². The van der Waals surface area contributed by atoms with Gasteiger partial charge in [0.25, 0.3) is 0 Å². The van der Waals surface area contributed by atoms with Gasteiger partial charge in [0.2, 0.25) is 0 Å². The SMILES string of the molecule is CN(C)C(CCCO)c1coc2ccccc12. The molecule has 92 valence electrons. The van der Waals surface area contributed by atoms with Crippen LogP contribution in [0.5, 0.6) is 0 Å². The molecule has 17 heavy (non-hydrogen) atoms. The van der Waals surface area contributed by atoms with Crippen LogP contribution in [0.4, 0.5) is 0 Å². The highest BCUT2D eigenvalue weighted by molar-refractivity contribution is 5.81. The van der Waals surface area contributed by atoms with Crippen LogP contribution in [0.3, 0.4) is 0 Å². The number of aliphatic hydroxyl groups excluding tert-OH is 1. The van der Waals surface area contributed by atoms with Crippen LogP contribution in [0.2, 0.25) is 0 Å². The highest BCUT2D eigenvalue weighted by Crippen LogP contribution is 2.31. The Hall–Kier alpha value is -1.32. The van der Waals surface area contributed by atoms with E-state index < -0.39 is 0 Å². The quantitative estimate of drug-likeness (QED) is 0.862. The first kappa shape index (κ1) is 12.1. The molecule has 0 aliphatic rings. The van der Waals surface area contributed by atoms with Gasteiger partial charge >= 0.3 is 0 Å². The summed E-state index contributed by atoms with van der Waals surface area (Å²) in [6.45, 7) is 0.236. The maximum atomic E-state index is 8.97. The van der Waals surface area contributed by atoms with E-state index in [2.05, 4.69) is 25.1 Å². The van der Waals surface area contributed by atoms with Gasteiger partial charge in [0.1, 0.15) is 5.58 Å². The molecule has 2 rings (SSSR count). The van der Waals surface area contributed by atoms with Gasteiger partial charge in [0.15, 0.2) is 0 Å². The van der Waals surface area contributed by atoms with Crippen molar-refractivity contribution < 1.29 is 9.52 Å². The van der Waals surface area contributed by atoms with Crippen LogP contribution in [0.1, 0.15) is 24.4 Å². The number of furan rings is 1. The van der Waals surface area contributed by atoms with Crippen molar-refractivity contribution in [3.05, 3.63) is 36.1 Å². The zero-order chi connectivity index (χ0) is 12.3. The molecule has 3 nitrogen and oxygen atoms in total. The molecule has 0 fully saturated rings. The molecule has 0 amide bonds. The van der Waals surface area contributed by atoms with E-state index in [-0.39, 0.29) is 6.61 Å². The molecular formula is C14H19NO2. The van der Waals surface area contributed by atoms with Gasteiger partial charge in [-0.05, 0) is 33.0 Å². The fourth-order valence-electron chi connectivity index (χ4n) is 2.23. The fraction of sp³-hybridized carbons (Fsp3) is 0.429. The zero-order valence-corrected chi connectivity index (χ0v) is 10.4. The number of hydrogen-bond donors (Lipinski definition) is 1. The summed E-state index contributed by atoms with van der Waals surface area (Å²) >= 11 is 0. The smallest absolute Gasteiger partial charge is 0.134 e. The van der Waals surface area contributed by atoms with Crippen molar-refractivity contribution in [2.24, 2.45) is 0 Å². The number of nitrogens with zero attached hydrogens (tertiary/aromatic N) is 1. The first-order valence-corrected chi connectivity index (χ1v) is 5.97. The topological polar surface area (TPSA) is 36.6 Å². The van der Waals surface area contributed by atoms with E-state index in [9.17, 15) is 0 Å². The van der Waals surface area contributed by atoms with Crippen molar-refractivity contribution >= 4 is 11.0 Å². The highest BCUT2D eigenvalue weighted by atomic mass is 16.3. The van der Waals surface area contributed by atoms with E-state index in [1.807, 2.05) is 24.5 Å². The van der Waals surface area contributed by atoms with E-state index in [0.717, 1.165) is 18.4 Å². The van der Waals surface area contributed by atoms with E-state index in [4.69, 9.17) is 9.52 Å². The minimum atomic E-state index is 0.236. The van der Waals surface area contributed by atoms with Gasteiger partial charge in [0.05, 0.1) is 6.26 Å². The monoisotopic (exact) mass is 233 g/mol. The Kier molecular flexibility index (Phi) is 3.82. The van der Waals surface area contributed by atoms with Gasteiger partial charge in [-0.25, -0.2) is 0 Å². The largest absolute Gasteiger partial charge is 0.464 e. The lowest BCUT2D eigenvalue weighted by molar-refractivity contribution is 0.235. The van der Waals surface area contributed by atoms with Gasteiger partial charge < -0.3 is 14.4 Å². The van der Waals surface area contributed by atoms with E-state index in [1.54, 1.807) is 0 Å². The average molecular weight is 233 g/mol. The summed E-state index contributed by atoms with van der Waals surface area (Å²) in [5.74, 6) is 0. The highest BCUT2D eigenvalue weighted by Gasteiger charge is 2.18. The van der Waals surface area contributed by atoms with E-state index in [0.29, 0.717) is 6.04 Å². The molecule has 1 aromatic heterocycles. The number of fused-ring (bicyclic) bond motifs is 1. The molecule has 0 aliphatic carbocycles. The number of rotatable bonds is 5. The number of aliphatic hydroxyl groups is 1. The third-order valence-corrected chi connectivity index (χ3v) is 3.13. The number of benzene rings is 1. The summed E-state index contributed by atoms with van der Waals surface area (Å²) in [5, 5.41) is 10.1. The van der Waals surface area contributed by atoms with Gasteiger partial charge in [-0.3, -0.25) is 0 Å². The van der Waals surface area contributed by atoms with Crippen LogP contribution in [0, 0.1) is 0 Å². The maximum Gasteiger partial charge on any atom is 0.134 e. The van der Waals surface area contributed by atoms with Crippen molar-refractivity contribution in [2.45, 2.75) is 18.9 Å². The lowest BCUT2D eigenvalue weighted by Crippen LogP contribution is -2.20. The first-order chi connectivity index (χ1) is 8.24. The minimum Gasteiger partial charge on any atom is -0.464 e. The molecule has 0 aliphatic heterocycles. The molecule has 0 spiro atoms. The Morgan fingerprint density at radius 2 is 2.06 bits per heavy atom.